The molecule has 1 aromatic rings. The minimum absolute atomic E-state index is 0. The fraction of sp³-hybridized carbons (Fsp3) is 0.650. The molecular weight excluding hydrogens is 475 g/mol. The largest absolute Gasteiger partial charge is 0.375 e. The van der Waals surface area contributed by atoms with Gasteiger partial charge in [0.15, 0.2) is 5.96 Å². The Morgan fingerprint density at radius 3 is 2.44 bits per heavy atom. The molecule has 0 amide bonds. The topological polar surface area (TPSA) is 48.9 Å². The third-order valence-electron chi connectivity index (χ3n) is 5.89. The van der Waals surface area contributed by atoms with E-state index in [2.05, 4.69) is 27.6 Å². The van der Waals surface area contributed by atoms with Crippen molar-refractivity contribution in [2.45, 2.75) is 56.3 Å². The van der Waals surface area contributed by atoms with Crippen LogP contribution in [0.2, 0.25) is 5.02 Å². The van der Waals surface area contributed by atoms with Crippen molar-refractivity contribution in [3.8, 4) is 0 Å². The van der Waals surface area contributed by atoms with Crippen LogP contribution in [0, 0.1) is 0 Å². The molecule has 0 radical (unpaired) electrons. The number of rotatable bonds is 5. The predicted molar refractivity (Wildman–Crippen MR) is 123 cm³/mol. The van der Waals surface area contributed by atoms with E-state index in [0.717, 1.165) is 16.5 Å². The Bertz CT molecular complexity index is 599. The first kappa shape index (κ1) is 22.7. The van der Waals surface area contributed by atoms with Gasteiger partial charge in [-0.1, -0.05) is 30.2 Å². The highest BCUT2D eigenvalue weighted by molar-refractivity contribution is 14.0. The van der Waals surface area contributed by atoms with Gasteiger partial charge >= 0.3 is 0 Å². The molecule has 2 bridgehead atoms. The number of halogens is 2. The Hall–Kier alpha value is -0.570. The number of nitrogens with one attached hydrogen (secondary N) is 2. The van der Waals surface area contributed by atoms with Crippen molar-refractivity contribution in [3.05, 3.63) is 34.9 Å². The molecule has 0 aromatic heterocycles. The second kappa shape index (κ2) is 10.8. The minimum Gasteiger partial charge on any atom is -0.375 e. The number of hydrogen-bond acceptors (Lipinski definition) is 3. The third-order valence-corrected chi connectivity index (χ3v) is 6.14. The van der Waals surface area contributed by atoms with Crippen LogP contribution in [0.3, 0.4) is 0 Å². The Kier molecular flexibility index (Phi) is 9.11. The first-order valence-electron chi connectivity index (χ1n) is 9.58. The summed E-state index contributed by atoms with van der Waals surface area (Å²) in [6, 6.07) is 9.71. The summed E-state index contributed by atoms with van der Waals surface area (Å²) in [5.74, 6) is 0.855. The van der Waals surface area contributed by atoms with Gasteiger partial charge < -0.3 is 20.3 Å². The van der Waals surface area contributed by atoms with Gasteiger partial charge in [0.05, 0.1) is 6.10 Å². The smallest absolute Gasteiger partial charge is 0.191 e. The molecule has 2 aliphatic heterocycles. The molecule has 1 aromatic carbocycles. The van der Waals surface area contributed by atoms with E-state index in [1.165, 1.54) is 32.1 Å². The molecule has 0 spiro atoms. The summed E-state index contributed by atoms with van der Waals surface area (Å²) < 4.78 is 5.64. The summed E-state index contributed by atoms with van der Waals surface area (Å²) in [6.45, 7) is 0.664. The summed E-state index contributed by atoms with van der Waals surface area (Å²) in [5, 5.41) is 7.79. The number of fused-ring (bicyclic) bond motifs is 2. The number of guanidine groups is 1. The SMILES string of the molecule is CN=C(NCC(OC)c1ccc(Cl)cc1)NC1CC2CCCC(C1)N2C.I. The number of methoxy groups -OCH3 is 1. The van der Waals surface area contributed by atoms with Crippen molar-refractivity contribution in [3.63, 3.8) is 0 Å². The molecule has 3 atom stereocenters. The molecule has 5 nitrogen and oxygen atoms in total. The zero-order valence-electron chi connectivity index (χ0n) is 16.5. The lowest BCUT2D eigenvalue weighted by Crippen LogP contribution is -2.56. The molecule has 0 aliphatic carbocycles. The zero-order valence-corrected chi connectivity index (χ0v) is 19.5. The zero-order chi connectivity index (χ0) is 18.5. The van der Waals surface area contributed by atoms with E-state index >= 15 is 0 Å². The van der Waals surface area contributed by atoms with Crippen LogP contribution in [0.1, 0.15) is 43.8 Å². The molecule has 2 N–H and O–H groups in total. The summed E-state index contributed by atoms with van der Waals surface area (Å²) in [4.78, 5) is 7.00. The van der Waals surface area contributed by atoms with Crippen molar-refractivity contribution in [2.24, 2.45) is 4.99 Å². The lowest BCUT2D eigenvalue weighted by Gasteiger charge is -2.47. The van der Waals surface area contributed by atoms with Crippen LogP contribution in [0.4, 0.5) is 0 Å². The second-order valence-electron chi connectivity index (χ2n) is 7.45. The van der Waals surface area contributed by atoms with E-state index in [0.29, 0.717) is 24.7 Å². The number of nitrogens with zero attached hydrogens (tertiary/aromatic N) is 2. The first-order chi connectivity index (χ1) is 12.6. The molecule has 152 valence electrons. The van der Waals surface area contributed by atoms with E-state index in [1.807, 2.05) is 31.3 Å². The summed E-state index contributed by atoms with van der Waals surface area (Å²) in [6.07, 6.45) is 6.36. The van der Waals surface area contributed by atoms with E-state index < -0.39 is 0 Å². The maximum Gasteiger partial charge on any atom is 0.191 e. The van der Waals surface area contributed by atoms with E-state index in [1.54, 1.807) is 7.11 Å². The monoisotopic (exact) mass is 506 g/mol. The van der Waals surface area contributed by atoms with Gasteiger partial charge in [-0.3, -0.25) is 4.99 Å². The van der Waals surface area contributed by atoms with Gasteiger partial charge in [0.25, 0.3) is 0 Å². The van der Waals surface area contributed by atoms with Crippen LogP contribution in [0.25, 0.3) is 0 Å². The van der Waals surface area contributed by atoms with Crippen molar-refractivity contribution in [1.29, 1.82) is 0 Å². The number of aliphatic imine (C=N–C) groups is 1. The molecule has 3 rings (SSSR count). The van der Waals surface area contributed by atoms with Gasteiger partial charge in [-0.25, -0.2) is 0 Å². The molecule has 3 unspecified atom stereocenters. The Morgan fingerprint density at radius 2 is 1.89 bits per heavy atom. The minimum atomic E-state index is -0.0392. The Morgan fingerprint density at radius 1 is 1.26 bits per heavy atom. The highest BCUT2D eigenvalue weighted by Gasteiger charge is 2.36. The quantitative estimate of drug-likeness (QED) is 0.362. The van der Waals surface area contributed by atoms with Crippen LogP contribution in [0.5, 0.6) is 0 Å². The van der Waals surface area contributed by atoms with Crippen LogP contribution >= 0.6 is 35.6 Å². The van der Waals surface area contributed by atoms with Crippen LogP contribution in [-0.2, 0) is 4.74 Å². The molecule has 2 heterocycles. The van der Waals surface area contributed by atoms with Gasteiger partial charge in [-0.2, -0.15) is 0 Å². The van der Waals surface area contributed by atoms with Gasteiger partial charge in [0.1, 0.15) is 0 Å². The van der Waals surface area contributed by atoms with Crippen molar-refractivity contribution in [1.82, 2.24) is 15.5 Å². The van der Waals surface area contributed by atoms with Crippen LogP contribution < -0.4 is 10.6 Å². The fourth-order valence-corrected chi connectivity index (χ4v) is 4.45. The Balaban J connectivity index is 0.00000261. The average Bonchev–Trinajstić information content (AvgIpc) is 2.63. The van der Waals surface area contributed by atoms with E-state index in [4.69, 9.17) is 16.3 Å². The number of ether oxygens (including phenoxy) is 1. The van der Waals surface area contributed by atoms with Gasteiger partial charge in [0.2, 0.25) is 0 Å². The molecule has 0 saturated carbocycles. The van der Waals surface area contributed by atoms with Gasteiger partial charge in [0, 0.05) is 43.9 Å². The molecule has 2 fully saturated rings. The number of benzene rings is 1. The lowest BCUT2D eigenvalue weighted by atomic mass is 9.82. The first-order valence-corrected chi connectivity index (χ1v) is 9.96. The highest BCUT2D eigenvalue weighted by atomic mass is 127. The molecule has 2 saturated heterocycles. The Labute approximate surface area is 185 Å². The van der Waals surface area contributed by atoms with Crippen LogP contribution in [0.15, 0.2) is 29.3 Å². The summed E-state index contributed by atoms with van der Waals surface area (Å²) in [5.41, 5.74) is 1.11. The molecule has 27 heavy (non-hydrogen) atoms. The molecule has 7 heteroatoms. The normalized spacial score (nSPS) is 26.8. The highest BCUT2D eigenvalue weighted by Crippen LogP contribution is 2.32. The van der Waals surface area contributed by atoms with Crippen molar-refractivity contribution in [2.75, 3.05) is 27.7 Å². The summed E-state index contributed by atoms with van der Waals surface area (Å²) >= 11 is 5.98. The van der Waals surface area contributed by atoms with E-state index in [9.17, 15) is 0 Å². The summed E-state index contributed by atoms with van der Waals surface area (Å²) in [7, 11) is 5.84. The number of hydrogen-bond donors (Lipinski definition) is 2. The molecule has 2 aliphatic rings. The van der Waals surface area contributed by atoms with Crippen LogP contribution in [-0.4, -0.2) is 56.7 Å². The van der Waals surface area contributed by atoms with Crippen molar-refractivity contribution < 1.29 is 4.74 Å². The fourth-order valence-electron chi connectivity index (χ4n) is 4.33. The molecular formula is C20H32ClIN4O. The second-order valence-corrected chi connectivity index (χ2v) is 7.88. The third kappa shape index (κ3) is 5.95. The number of piperidine rings is 2. The van der Waals surface area contributed by atoms with E-state index in [-0.39, 0.29) is 30.1 Å². The predicted octanol–water partition coefficient (Wildman–Crippen LogP) is 3.83. The van der Waals surface area contributed by atoms with Gasteiger partial charge in [-0.05, 0) is 50.4 Å². The standard InChI is InChI=1S/C20H31ClN4O.HI/c1-22-20(23-13-19(26-3)14-7-9-15(21)10-8-14)24-16-11-17-5-4-6-18(12-16)25(17)2;/h7-10,16-19H,4-6,11-13H2,1-3H3,(H2,22,23,24);1H. The lowest BCUT2D eigenvalue weighted by molar-refractivity contribution is 0.0525. The van der Waals surface area contributed by atoms with Gasteiger partial charge in [-0.15, -0.1) is 24.0 Å². The average molecular weight is 507 g/mol. The van der Waals surface area contributed by atoms with Crippen molar-refractivity contribution >= 4 is 41.5 Å². The maximum atomic E-state index is 5.98. The maximum absolute atomic E-state index is 5.98.